The number of piperidine rings is 1. The molecule has 2 aromatic carbocycles. The molecule has 1 heterocycles. The van der Waals surface area contributed by atoms with Gasteiger partial charge in [0.05, 0.1) is 6.61 Å². The summed E-state index contributed by atoms with van der Waals surface area (Å²) in [5, 5.41) is 13.9. The van der Waals surface area contributed by atoms with Crippen LogP contribution in [0, 0.1) is 11.6 Å². The second-order valence-corrected chi connectivity index (χ2v) is 11.5. The van der Waals surface area contributed by atoms with Gasteiger partial charge in [-0.1, -0.05) is 18.2 Å². The molecule has 3 nitrogen and oxygen atoms in total. The highest BCUT2D eigenvalue weighted by molar-refractivity contribution is 5.34. The lowest BCUT2D eigenvalue weighted by atomic mass is 9.72. The van der Waals surface area contributed by atoms with Crippen LogP contribution in [0.15, 0.2) is 36.4 Å². The Labute approximate surface area is 203 Å². The highest BCUT2D eigenvalue weighted by atomic mass is 19.1. The number of hydrogen-bond donors (Lipinski definition) is 0. The van der Waals surface area contributed by atoms with E-state index in [4.69, 9.17) is 4.74 Å². The van der Waals surface area contributed by atoms with Gasteiger partial charge in [-0.25, -0.2) is 8.78 Å². The topological polar surface area (TPSA) is 32.4 Å². The van der Waals surface area contributed by atoms with Crippen LogP contribution in [0.3, 0.4) is 0 Å². The molecule has 5 heteroatoms. The van der Waals surface area contributed by atoms with Crippen molar-refractivity contribution < 1.29 is 18.7 Å². The molecule has 1 aliphatic carbocycles. The molecule has 0 atom stereocenters. The van der Waals surface area contributed by atoms with Gasteiger partial charge in [0.2, 0.25) is 0 Å². The molecule has 0 aromatic heterocycles. The van der Waals surface area contributed by atoms with E-state index >= 15 is 4.39 Å². The van der Waals surface area contributed by atoms with E-state index in [1.54, 1.807) is 6.07 Å². The van der Waals surface area contributed by atoms with Crippen molar-refractivity contribution in [3.63, 3.8) is 0 Å². The molecule has 2 aromatic rings. The second-order valence-electron chi connectivity index (χ2n) is 11.5. The van der Waals surface area contributed by atoms with Crippen LogP contribution < -0.4 is 4.74 Å². The monoisotopic (exact) mass is 470 g/mol. The third-order valence-corrected chi connectivity index (χ3v) is 7.98. The Balaban J connectivity index is 1.44. The smallest absolute Gasteiger partial charge is 0.130 e. The maximum absolute atomic E-state index is 15.3. The average Bonchev–Trinajstić information content (AvgIpc) is 2.77. The summed E-state index contributed by atoms with van der Waals surface area (Å²) >= 11 is 0. The van der Waals surface area contributed by atoms with E-state index in [0.29, 0.717) is 12.4 Å². The van der Waals surface area contributed by atoms with Crippen LogP contribution in [0.2, 0.25) is 0 Å². The maximum atomic E-state index is 15.3. The number of hydroxylamine groups is 2. The summed E-state index contributed by atoms with van der Waals surface area (Å²) in [4.78, 5) is 0. The zero-order chi connectivity index (χ0) is 24.7. The molecule has 1 saturated carbocycles. The van der Waals surface area contributed by atoms with Crippen molar-refractivity contribution in [2.24, 2.45) is 0 Å². The van der Waals surface area contributed by atoms with Crippen LogP contribution >= 0.6 is 0 Å². The zero-order valence-corrected chi connectivity index (χ0v) is 21.2. The molecule has 2 aliphatic rings. The Hall–Kier alpha value is -1.98. The van der Waals surface area contributed by atoms with Crippen LogP contribution in [0.1, 0.15) is 108 Å². The van der Waals surface area contributed by atoms with Gasteiger partial charge in [0, 0.05) is 17.1 Å². The summed E-state index contributed by atoms with van der Waals surface area (Å²) in [6.45, 7) is 10.3. The maximum Gasteiger partial charge on any atom is 0.130 e. The number of halogens is 2. The van der Waals surface area contributed by atoms with E-state index in [1.807, 2.05) is 52.8 Å². The van der Waals surface area contributed by atoms with Crippen molar-refractivity contribution in [3.05, 3.63) is 64.7 Å². The first kappa shape index (κ1) is 25.1. The van der Waals surface area contributed by atoms with Gasteiger partial charge in [0.15, 0.2) is 0 Å². The first-order valence-electron chi connectivity index (χ1n) is 12.7. The van der Waals surface area contributed by atoms with Crippen molar-refractivity contribution in [3.8, 4) is 5.75 Å². The van der Waals surface area contributed by atoms with Crippen molar-refractivity contribution in [1.29, 1.82) is 0 Å². The Morgan fingerprint density at radius 1 is 0.824 bits per heavy atom. The van der Waals surface area contributed by atoms with E-state index in [9.17, 15) is 9.60 Å². The van der Waals surface area contributed by atoms with Crippen LogP contribution in [-0.4, -0.2) is 22.7 Å². The van der Waals surface area contributed by atoms with Gasteiger partial charge in [0.25, 0.3) is 0 Å². The predicted molar refractivity (Wildman–Crippen MR) is 131 cm³/mol. The minimum Gasteiger partial charge on any atom is -0.494 e. The number of rotatable bonds is 5. The average molecular weight is 471 g/mol. The van der Waals surface area contributed by atoms with Gasteiger partial charge in [-0.15, -0.1) is 10.3 Å². The number of nitrogens with zero attached hydrogens (tertiary/aromatic N) is 1. The summed E-state index contributed by atoms with van der Waals surface area (Å²) in [5.41, 5.74) is 1.55. The van der Waals surface area contributed by atoms with Gasteiger partial charge in [-0.05, 0) is 120 Å². The number of ether oxygens (including phenoxy) is 1. The standard InChI is InChI=1S/C29H38F2NO2/c1-6-34-23-12-14-25(27(31)16-23)20-9-7-19(8-10-20)24-13-11-21(15-26(24)30)22-17-28(2,3)32(33)29(4,5)18-22/h11-16,19-20,22H,6-10,17-18H2,1-5H3. The molecule has 2 fully saturated rings. The molecule has 0 spiro atoms. The van der Waals surface area contributed by atoms with Gasteiger partial charge in [-0.3, -0.25) is 0 Å². The van der Waals surface area contributed by atoms with E-state index in [0.717, 1.165) is 55.2 Å². The van der Waals surface area contributed by atoms with Gasteiger partial charge < -0.3 is 4.74 Å². The summed E-state index contributed by atoms with van der Waals surface area (Å²) in [6.07, 6.45) is 4.83. The Bertz CT molecular complexity index is 993. The van der Waals surface area contributed by atoms with Crippen LogP contribution in [0.25, 0.3) is 0 Å². The lowest BCUT2D eigenvalue weighted by molar-refractivity contribution is -0.289. The first-order valence-corrected chi connectivity index (χ1v) is 12.7. The minimum atomic E-state index is -0.476. The summed E-state index contributed by atoms with van der Waals surface area (Å²) in [7, 11) is 0. The number of benzene rings is 2. The molecule has 0 amide bonds. The lowest BCUT2D eigenvalue weighted by Gasteiger charge is -2.50. The van der Waals surface area contributed by atoms with Crippen LogP contribution in [0.4, 0.5) is 8.78 Å². The lowest BCUT2D eigenvalue weighted by Crippen LogP contribution is -2.57. The normalized spacial score (nSPS) is 25.3. The molecule has 0 N–H and O–H groups in total. The Kier molecular flexibility index (Phi) is 7.08. The quantitative estimate of drug-likeness (QED) is 0.445. The molecule has 1 saturated heterocycles. The SMILES string of the molecule is CCOc1ccc(C2CCC(c3ccc(C4CC(C)(C)N([O])C(C)(C)C4)cc3F)CC2)c(F)c1. The first-order chi connectivity index (χ1) is 16.0. The van der Waals surface area contributed by atoms with Gasteiger partial charge in [0.1, 0.15) is 17.4 Å². The summed E-state index contributed by atoms with van der Waals surface area (Å²) in [5.74, 6) is 0.695. The summed E-state index contributed by atoms with van der Waals surface area (Å²) < 4.78 is 35.3. The number of hydrogen-bond acceptors (Lipinski definition) is 2. The zero-order valence-electron chi connectivity index (χ0n) is 21.2. The Morgan fingerprint density at radius 3 is 1.79 bits per heavy atom. The molecule has 0 unspecified atom stereocenters. The molecule has 34 heavy (non-hydrogen) atoms. The van der Waals surface area contributed by atoms with Crippen molar-refractivity contribution in [1.82, 2.24) is 5.06 Å². The van der Waals surface area contributed by atoms with Gasteiger partial charge in [-0.2, -0.15) is 0 Å². The highest BCUT2D eigenvalue weighted by Gasteiger charge is 2.46. The fourth-order valence-electron chi connectivity index (χ4n) is 6.44. The molecule has 1 aliphatic heterocycles. The van der Waals surface area contributed by atoms with E-state index in [2.05, 4.69) is 6.07 Å². The van der Waals surface area contributed by atoms with Crippen molar-refractivity contribution in [2.75, 3.05) is 6.61 Å². The van der Waals surface area contributed by atoms with Crippen LogP contribution in [-0.2, 0) is 5.21 Å². The molecule has 0 bridgehead atoms. The van der Waals surface area contributed by atoms with Gasteiger partial charge >= 0.3 is 0 Å². The Morgan fingerprint density at radius 2 is 1.32 bits per heavy atom. The highest BCUT2D eigenvalue weighted by Crippen LogP contribution is 2.46. The summed E-state index contributed by atoms with van der Waals surface area (Å²) in [6, 6.07) is 10.9. The molecule has 1 radical (unpaired) electrons. The molecule has 185 valence electrons. The van der Waals surface area contributed by atoms with Crippen molar-refractivity contribution >= 4 is 0 Å². The molecular weight excluding hydrogens is 432 g/mol. The second kappa shape index (κ2) is 9.58. The molecule has 4 rings (SSSR count). The third kappa shape index (κ3) is 5.01. The van der Waals surface area contributed by atoms with Crippen LogP contribution in [0.5, 0.6) is 5.75 Å². The van der Waals surface area contributed by atoms with Crippen molar-refractivity contribution in [2.45, 2.75) is 102 Å². The predicted octanol–water partition coefficient (Wildman–Crippen LogP) is 7.89. The van der Waals surface area contributed by atoms with E-state index in [-0.39, 0.29) is 29.4 Å². The fraction of sp³-hybridized carbons (Fsp3) is 0.586. The van der Waals surface area contributed by atoms with E-state index < -0.39 is 11.1 Å². The van der Waals surface area contributed by atoms with E-state index in [1.165, 1.54) is 11.1 Å². The largest absolute Gasteiger partial charge is 0.494 e. The fourth-order valence-corrected chi connectivity index (χ4v) is 6.44. The third-order valence-electron chi connectivity index (χ3n) is 7.98. The molecular formula is C29H38F2NO2. The minimum absolute atomic E-state index is 0.145.